The lowest BCUT2D eigenvalue weighted by atomic mass is 9.98. The molecule has 2 rings (SSSR count). The quantitative estimate of drug-likeness (QED) is 0.409. The first-order chi connectivity index (χ1) is 10.2. The number of benzene rings is 1. The minimum Gasteiger partial charge on any atom is -0.394 e. The van der Waals surface area contributed by atoms with Gasteiger partial charge in [-0.15, -0.1) is 0 Å². The Bertz CT molecular complexity index is 494. The molecule has 5 atom stereocenters. The number of aliphatic hydroxyl groups is 3. The van der Waals surface area contributed by atoms with Crippen molar-refractivity contribution >= 4 is 0 Å². The van der Waals surface area contributed by atoms with Crippen molar-refractivity contribution in [3.05, 3.63) is 46.3 Å². The minimum absolute atomic E-state index is 0.184. The monoisotopic (exact) mass is 295 g/mol. The molecule has 0 amide bonds. The summed E-state index contributed by atoms with van der Waals surface area (Å²) >= 11 is 0. The van der Waals surface area contributed by atoms with Crippen molar-refractivity contribution in [1.82, 2.24) is 0 Å². The van der Waals surface area contributed by atoms with E-state index in [1.165, 1.54) is 0 Å². The van der Waals surface area contributed by atoms with E-state index >= 15 is 0 Å². The third-order valence-electron chi connectivity index (χ3n) is 3.29. The fourth-order valence-corrected chi connectivity index (χ4v) is 2.14. The molecule has 8 nitrogen and oxygen atoms in total. The highest BCUT2D eigenvalue weighted by molar-refractivity contribution is 5.13. The molecule has 0 aliphatic carbocycles. The molecule has 1 fully saturated rings. The predicted molar refractivity (Wildman–Crippen MR) is 71.9 cm³/mol. The number of hydrogen-bond donors (Lipinski definition) is 3. The summed E-state index contributed by atoms with van der Waals surface area (Å²) in [7, 11) is 0. The number of aliphatic hydroxyl groups excluding tert-OH is 3. The van der Waals surface area contributed by atoms with Crippen molar-refractivity contribution in [1.29, 1.82) is 0 Å². The third-order valence-corrected chi connectivity index (χ3v) is 3.29. The summed E-state index contributed by atoms with van der Waals surface area (Å²) in [5.74, 6) is 0. The van der Waals surface area contributed by atoms with Crippen molar-refractivity contribution < 1.29 is 24.8 Å². The van der Waals surface area contributed by atoms with Crippen LogP contribution in [0.1, 0.15) is 5.56 Å². The standard InChI is InChI=1S/C13H17N3O5/c14-16-15-10-12(19)11(18)9(6-17)21-13(10)20-7-8-4-2-1-3-5-8/h1-5,9-13,17-19H,6-7H2/t9?,10-,11-,12-,13+/m1/s1. The summed E-state index contributed by atoms with van der Waals surface area (Å²) in [6, 6.07) is 8.17. The van der Waals surface area contributed by atoms with Gasteiger partial charge in [-0.2, -0.15) is 0 Å². The number of azide groups is 1. The predicted octanol–water partition coefficient (Wildman–Crippen LogP) is 0.321. The zero-order valence-electron chi connectivity index (χ0n) is 11.2. The Hall–Kier alpha value is -1.67. The maximum atomic E-state index is 9.95. The Kier molecular flexibility index (Phi) is 5.51. The van der Waals surface area contributed by atoms with Gasteiger partial charge in [-0.25, -0.2) is 0 Å². The van der Waals surface area contributed by atoms with Crippen LogP contribution in [0.5, 0.6) is 0 Å². The Morgan fingerprint density at radius 3 is 2.57 bits per heavy atom. The molecule has 114 valence electrons. The highest BCUT2D eigenvalue weighted by Gasteiger charge is 2.44. The lowest BCUT2D eigenvalue weighted by Gasteiger charge is -2.40. The summed E-state index contributed by atoms with van der Waals surface area (Å²) < 4.78 is 10.9. The van der Waals surface area contributed by atoms with Crippen molar-refractivity contribution in [2.24, 2.45) is 5.11 Å². The Balaban J connectivity index is 2.08. The first-order valence-corrected chi connectivity index (χ1v) is 6.49. The van der Waals surface area contributed by atoms with Gasteiger partial charge in [0.05, 0.1) is 19.3 Å². The maximum absolute atomic E-state index is 9.95. The maximum Gasteiger partial charge on any atom is 0.169 e. The van der Waals surface area contributed by atoms with Crippen molar-refractivity contribution in [3.63, 3.8) is 0 Å². The Morgan fingerprint density at radius 1 is 1.24 bits per heavy atom. The van der Waals surface area contributed by atoms with E-state index in [4.69, 9.17) is 20.1 Å². The van der Waals surface area contributed by atoms with E-state index < -0.39 is 37.3 Å². The third kappa shape index (κ3) is 3.70. The van der Waals surface area contributed by atoms with Crippen LogP contribution in [0.25, 0.3) is 10.4 Å². The number of rotatable bonds is 5. The van der Waals surface area contributed by atoms with Crippen molar-refractivity contribution in [2.45, 2.75) is 37.3 Å². The van der Waals surface area contributed by atoms with Crippen LogP contribution in [0.3, 0.4) is 0 Å². The van der Waals surface area contributed by atoms with Gasteiger partial charge in [0.2, 0.25) is 0 Å². The summed E-state index contributed by atoms with van der Waals surface area (Å²) in [4.78, 5) is 2.63. The number of hydrogen-bond acceptors (Lipinski definition) is 6. The van der Waals surface area contributed by atoms with Gasteiger partial charge >= 0.3 is 0 Å². The molecule has 1 heterocycles. The van der Waals surface area contributed by atoms with Crippen molar-refractivity contribution in [2.75, 3.05) is 6.61 Å². The van der Waals surface area contributed by atoms with Crippen LogP contribution in [-0.4, -0.2) is 52.6 Å². The van der Waals surface area contributed by atoms with Crippen LogP contribution in [0, 0.1) is 0 Å². The van der Waals surface area contributed by atoms with E-state index in [0.29, 0.717) is 0 Å². The average molecular weight is 295 g/mol. The average Bonchev–Trinajstić information content (AvgIpc) is 2.52. The van der Waals surface area contributed by atoms with Gasteiger partial charge in [0.1, 0.15) is 18.2 Å². The topological polar surface area (TPSA) is 128 Å². The van der Waals surface area contributed by atoms with E-state index in [2.05, 4.69) is 10.0 Å². The second kappa shape index (κ2) is 7.37. The first kappa shape index (κ1) is 15.7. The van der Waals surface area contributed by atoms with E-state index in [1.54, 1.807) is 0 Å². The molecule has 0 aromatic heterocycles. The second-order valence-electron chi connectivity index (χ2n) is 4.70. The lowest BCUT2D eigenvalue weighted by molar-refractivity contribution is -0.268. The van der Waals surface area contributed by atoms with Crippen molar-refractivity contribution in [3.8, 4) is 0 Å². The molecule has 0 radical (unpaired) electrons. The summed E-state index contributed by atoms with van der Waals surface area (Å²) in [6.07, 6.45) is -4.75. The summed E-state index contributed by atoms with van der Waals surface area (Å²) in [5, 5.41) is 32.3. The van der Waals surface area contributed by atoms with E-state index in [-0.39, 0.29) is 6.61 Å². The zero-order valence-corrected chi connectivity index (χ0v) is 11.2. The van der Waals surface area contributed by atoms with Gasteiger partial charge in [-0.1, -0.05) is 35.4 Å². The van der Waals surface area contributed by atoms with Crippen LogP contribution >= 0.6 is 0 Å². The molecule has 1 aromatic rings. The molecule has 0 saturated carbocycles. The van der Waals surface area contributed by atoms with Gasteiger partial charge in [-0.3, -0.25) is 0 Å². The van der Waals surface area contributed by atoms with Crippen LogP contribution in [0.15, 0.2) is 35.4 Å². The van der Waals surface area contributed by atoms with Crippen LogP contribution in [0.4, 0.5) is 0 Å². The summed E-state index contributed by atoms with van der Waals surface area (Å²) in [5.41, 5.74) is 9.43. The smallest absolute Gasteiger partial charge is 0.169 e. The molecule has 8 heteroatoms. The van der Waals surface area contributed by atoms with E-state index in [1.807, 2.05) is 30.3 Å². The van der Waals surface area contributed by atoms with Crippen LogP contribution in [0.2, 0.25) is 0 Å². The molecule has 1 aromatic carbocycles. The number of nitrogens with zero attached hydrogens (tertiary/aromatic N) is 3. The van der Waals surface area contributed by atoms with Gasteiger partial charge < -0.3 is 24.8 Å². The molecular weight excluding hydrogens is 278 g/mol. The highest BCUT2D eigenvalue weighted by atomic mass is 16.7. The van der Waals surface area contributed by atoms with Gasteiger partial charge in [0.15, 0.2) is 6.29 Å². The largest absolute Gasteiger partial charge is 0.394 e. The molecule has 0 bridgehead atoms. The fourth-order valence-electron chi connectivity index (χ4n) is 2.14. The van der Waals surface area contributed by atoms with Gasteiger partial charge in [-0.05, 0) is 11.1 Å². The normalized spacial score (nSPS) is 32.4. The molecule has 1 aliphatic heterocycles. The Labute approximate surface area is 121 Å². The molecule has 1 aliphatic rings. The van der Waals surface area contributed by atoms with Crippen LogP contribution in [-0.2, 0) is 16.1 Å². The molecule has 1 unspecified atom stereocenters. The van der Waals surface area contributed by atoms with Gasteiger partial charge in [0.25, 0.3) is 0 Å². The number of ether oxygens (including phenoxy) is 2. The second-order valence-corrected chi connectivity index (χ2v) is 4.70. The molecule has 21 heavy (non-hydrogen) atoms. The van der Waals surface area contributed by atoms with E-state index in [9.17, 15) is 10.2 Å². The summed E-state index contributed by atoms with van der Waals surface area (Å²) in [6.45, 7) is -0.295. The fraction of sp³-hybridized carbons (Fsp3) is 0.538. The SMILES string of the molecule is [N-]=[N+]=N[C@H]1[C@@H](OCc2ccccc2)OC(CO)[C@@H](O)[C@@H]1O. The van der Waals surface area contributed by atoms with E-state index in [0.717, 1.165) is 5.56 Å². The molecule has 1 saturated heterocycles. The first-order valence-electron chi connectivity index (χ1n) is 6.49. The molecular formula is C13H17N3O5. The highest BCUT2D eigenvalue weighted by Crippen LogP contribution is 2.25. The Morgan fingerprint density at radius 2 is 1.95 bits per heavy atom. The molecule has 3 N–H and O–H groups in total. The molecule has 0 spiro atoms. The minimum atomic E-state index is -1.37. The zero-order chi connectivity index (χ0) is 15.2. The van der Waals surface area contributed by atoms with Gasteiger partial charge in [0, 0.05) is 4.91 Å². The lowest BCUT2D eigenvalue weighted by Crippen LogP contribution is -2.58. The van der Waals surface area contributed by atoms with Crippen LogP contribution < -0.4 is 0 Å².